The highest BCUT2D eigenvalue weighted by molar-refractivity contribution is 7.13. The molecule has 0 aromatic carbocycles. The SMILES string of the molecule is CC(C)n1ncc2c(C(=O)N3CCCC4CCCCC43)cc(-c3cccs3)nc21. The Kier molecular flexibility index (Phi) is 4.90. The lowest BCUT2D eigenvalue weighted by Gasteiger charge is -2.44. The molecule has 1 aliphatic heterocycles. The fourth-order valence-electron chi connectivity index (χ4n) is 5.16. The average Bonchev–Trinajstić information content (AvgIpc) is 3.42. The first-order valence-electron chi connectivity index (χ1n) is 10.9. The van der Waals surface area contributed by atoms with E-state index in [1.807, 2.05) is 23.0 Å². The number of hydrogen-bond donors (Lipinski definition) is 0. The van der Waals surface area contributed by atoms with E-state index in [0.29, 0.717) is 12.0 Å². The molecule has 1 amide bonds. The first-order chi connectivity index (χ1) is 14.1. The number of rotatable bonds is 3. The smallest absolute Gasteiger partial charge is 0.254 e. The van der Waals surface area contributed by atoms with Crippen LogP contribution < -0.4 is 0 Å². The van der Waals surface area contributed by atoms with Crippen LogP contribution in [0.1, 0.15) is 68.8 Å². The Labute approximate surface area is 175 Å². The van der Waals surface area contributed by atoms with Crippen LogP contribution in [0.5, 0.6) is 0 Å². The summed E-state index contributed by atoms with van der Waals surface area (Å²) < 4.78 is 1.93. The zero-order valence-electron chi connectivity index (χ0n) is 17.2. The van der Waals surface area contributed by atoms with Gasteiger partial charge in [0.05, 0.1) is 27.7 Å². The summed E-state index contributed by atoms with van der Waals surface area (Å²) in [4.78, 5) is 22.0. The Bertz CT molecular complexity index is 1020. The number of amides is 1. The average molecular weight is 409 g/mol. The summed E-state index contributed by atoms with van der Waals surface area (Å²) in [5.74, 6) is 0.837. The van der Waals surface area contributed by atoms with Gasteiger partial charge < -0.3 is 4.90 Å². The van der Waals surface area contributed by atoms with Gasteiger partial charge in [-0.15, -0.1) is 11.3 Å². The van der Waals surface area contributed by atoms with E-state index in [9.17, 15) is 4.79 Å². The first-order valence-corrected chi connectivity index (χ1v) is 11.7. The first kappa shape index (κ1) is 18.8. The van der Waals surface area contributed by atoms with Crippen molar-refractivity contribution in [3.8, 4) is 10.6 Å². The lowest BCUT2D eigenvalue weighted by atomic mass is 9.78. The van der Waals surface area contributed by atoms with Crippen molar-refractivity contribution in [2.45, 2.75) is 64.5 Å². The van der Waals surface area contributed by atoms with Crippen LogP contribution in [0.3, 0.4) is 0 Å². The number of carbonyl (C=O) groups is 1. The lowest BCUT2D eigenvalue weighted by Crippen LogP contribution is -2.49. The minimum Gasteiger partial charge on any atom is -0.335 e. The van der Waals surface area contributed by atoms with E-state index in [4.69, 9.17) is 4.98 Å². The van der Waals surface area contributed by atoms with Crippen LogP contribution >= 0.6 is 11.3 Å². The van der Waals surface area contributed by atoms with Crippen molar-refractivity contribution in [2.24, 2.45) is 5.92 Å². The Hall–Kier alpha value is -2.21. The Morgan fingerprint density at radius 2 is 2.03 bits per heavy atom. The van der Waals surface area contributed by atoms with E-state index in [0.717, 1.165) is 46.6 Å². The minimum absolute atomic E-state index is 0.162. The van der Waals surface area contributed by atoms with Gasteiger partial charge in [-0.25, -0.2) is 9.67 Å². The summed E-state index contributed by atoms with van der Waals surface area (Å²) in [5.41, 5.74) is 2.44. The predicted molar refractivity (Wildman–Crippen MR) is 117 cm³/mol. The van der Waals surface area contributed by atoms with Crippen LogP contribution in [0.2, 0.25) is 0 Å². The molecule has 2 atom stereocenters. The number of thiophene rings is 1. The fourth-order valence-corrected chi connectivity index (χ4v) is 5.84. The van der Waals surface area contributed by atoms with Gasteiger partial charge in [0.1, 0.15) is 0 Å². The monoisotopic (exact) mass is 408 g/mol. The van der Waals surface area contributed by atoms with E-state index in [2.05, 4.69) is 35.3 Å². The number of piperidine rings is 1. The Morgan fingerprint density at radius 3 is 2.83 bits per heavy atom. The number of carbonyl (C=O) groups excluding carboxylic acids is 1. The number of hydrogen-bond acceptors (Lipinski definition) is 4. The van der Waals surface area contributed by atoms with Crippen LogP contribution in [0.4, 0.5) is 0 Å². The fraction of sp³-hybridized carbons (Fsp3) is 0.522. The topological polar surface area (TPSA) is 51.0 Å². The third kappa shape index (κ3) is 3.27. The quantitative estimate of drug-likeness (QED) is 0.572. The van der Waals surface area contributed by atoms with Crippen LogP contribution in [-0.2, 0) is 0 Å². The van der Waals surface area contributed by atoms with Crippen molar-refractivity contribution >= 4 is 28.3 Å². The molecule has 2 unspecified atom stereocenters. The maximum atomic E-state index is 13.8. The van der Waals surface area contributed by atoms with E-state index in [-0.39, 0.29) is 11.9 Å². The minimum atomic E-state index is 0.162. The maximum Gasteiger partial charge on any atom is 0.254 e. The molecule has 1 saturated carbocycles. The second-order valence-corrected chi connectivity index (χ2v) is 9.65. The van der Waals surface area contributed by atoms with Crippen molar-refractivity contribution < 1.29 is 4.79 Å². The van der Waals surface area contributed by atoms with Crippen LogP contribution in [0.15, 0.2) is 29.8 Å². The largest absolute Gasteiger partial charge is 0.335 e. The molecule has 1 saturated heterocycles. The van der Waals surface area contributed by atoms with Gasteiger partial charge in [-0.2, -0.15) is 5.10 Å². The van der Waals surface area contributed by atoms with Crippen LogP contribution in [0.25, 0.3) is 21.6 Å². The molecule has 0 N–H and O–H groups in total. The second-order valence-electron chi connectivity index (χ2n) is 8.71. The van der Waals surface area contributed by atoms with E-state index < -0.39 is 0 Å². The molecular weight excluding hydrogens is 380 g/mol. The number of likely N-dealkylation sites (tertiary alicyclic amines) is 1. The van der Waals surface area contributed by atoms with Gasteiger partial charge in [0.25, 0.3) is 5.91 Å². The third-order valence-corrected chi connectivity index (χ3v) is 7.46. The molecular formula is C23H28N4OS. The molecule has 4 heterocycles. The summed E-state index contributed by atoms with van der Waals surface area (Å²) in [5, 5.41) is 7.51. The number of fused-ring (bicyclic) bond motifs is 2. The van der Waals surface area contributed by atoms with Gasteiger partial charge in [-0.05, 0) is 63.0 Å². The van der Waals surface area contributed by atoms with E-state index in [1.165, 1.54) is 25.7 Å². The van der Waals surface area contributed by atoms with Crippen LogP contribution in [-0.4, -0.2) is 38.2 Å². The van der Waals surface area contributed by atoms with Gasteiger partial charge in [0.2, 0.25) is 0 Å². The molecule has 6 heteroatoms. The van der Waals surface area contributed by atoms with Gasteiger partial charge in [0, 0.05) is 18.6 Å². The van der Waals surface area contributed by atoms with Crippen molar-refractivity contribution in [3.05, 3.63) is 35.3 Å². The van der Waals surface area contributed by atoms with E-state index >= 15 is 0 Å². The molecule has 152 valence electrons. The molecule has 5 nitrogen and oxygen atoms in total. The Balaban J connectivity index is 1.62. The zero-order chi connectivity index (χ0) is 20.0. The number of nitrogens with zero attached hydrogens (tertiary/aromatic N) is 4. The number of pyridine rings is 1. The summed E-state index contributed by atoms with van der Waals surface area (Å²) in [6.07, 6.45) is 9.18. The van der Waals surface area contributed by atoms with Crippen molar-refractivity contribution in [1.82, 2.24) is 19.7 Å². The molecule has 0 spiro atoms. The maximum absolute atomic E-state index is 13.8. The Morgan fingerprint density at radius 1 is 1.21 bits per heavy atom. The molecule has 3 aromatic rings. The van der Waals surface area contributed by atoms with Crippen LogP contribution in [0, 0.1) is 5.92 Å². The van der Waals surface area contributed by atoms with Gasteiger partial charge >= 0.3 is 0 Å². The van der Waals surface area contributed by atoms with Crippen molar-refractivity contribution in [3.63, 3.8) is 0 Å². The van der Waals surface area contributed by atoms with Gasteiger partial charge in [-0.3, -0.25) is 4.79 Å². The van der Waals surface area contributed by atoms with Gasteiger partial charge in [0.15, 0.2) is 5.65 Å². The lowest BCUT2D eigenvalue weighted by molar-refractivity contribution is 0.0392. The molecule has 0 radical (unpaired) electrons. The second kappa shape index (κ2) is 7.56. The highest BCUT2D eigenvalue weighted by atomic mass is 32.1. The molecule has 1 aliphatic carbocycles. The molecule has 5 rings (SSSR count). The molecule has 3 aromatic heterocycles. The summed E-state index contributed by atoms with van der Waals surface area (Å²) in [6.45, 7) is 5.08. The summed E-state index contributed by atoms with van der Waals surface area (Å²) in [7, 11) is 0. The van der Waals surface area contributed by atoms with Crippen molar-refractivity contribution in [1.29, 1.82) is 0 Å². The van der Waals surface area contributed by atoms with Gasteiger partial charge in [-0.1, -0.05) is 18.9 Å². The molecule has 2 aliphatic rings. The summed E-state index contributed by atoms with van der Waals surface area (Å²) >= 11 is 1.66. The molecule has 0 bridgehead atoms. The van der Waals surface area contributed by atoms with Crippen molar-refractivity contribution in [2.75, 3.05) is 6.54 Å². The highest BCUT2D eigenvalue weighted by Gasteiger charge is 2.36. The molecule has 2 fully saturated rings. The highest BCUT2D eigenvalue weighted by Crippen LogP contribution is 2.37. The number of aromatic nitrogens is 3. The molecule has 29 heavy (non-hydrogen) atoms. The standard InChI is InChI=1S/C23H28N4OS/c1-15(2)27-22-18(14-24-27)17(13-19(25-22)21-10-6-12-29-21)23(28)26-11-5-8-16-7-3-4-9-20(16)26/h6,10,12-16,20H,3-5,7-9,11H2,1-2H3. The normalized spacial score (nSPS) is 22.2. The third-order valence-electron chi connectivity index (χ3n) is 6.56. The zero-order valence-corrected chi connectivity index (χ0v) is 18.0. The summed E-state index contributed by atoms with van der Waals surface area (Å²) in [6, 6.07) is 6.69. The van der Waals surface area contributed by atoms with E-state index in [1.54, 1.807) is 11.3 Å². The predicted octanol–water partition coefficient (Wildman–Crippen LogP) is 5.54.